The van der Waals surface area contributed by atoms with Crippen molar-refractivity contribution in [1.29, 1.82) is 0 Å². The fourth-order valence-electron chi connectivity index (χ4n) is 2.74. The highest BCUT2D eigenvalue weighted by Gasteiger charge is 2.16. The first-order valence-electron chi connectivity index (χ1n) is 8.53. The second-order valence-corrected chi connectivity index (χ2v) is 5.98. The molecule has 0 saturated carbocycles. The average molecular weight is 351 g/mol. The Hall–Kier alpha value is -3.15. The first-order valence-corrected chi connectivity index (χ1v) is 8.53. The van der Waals surface area contributed by atoms with E-state index in [4.69, 9.17) is 15.0 Å². The number of nitrogens with two attached hydrogens (primary N) is 1. The van der Waals surface area contributed by atoms with E-state index in [9.17, 15) is 4.79 Å². The molecule has 6 nitrogen and oxygen atoms in total. The molecule has 0 saturated heterocycles. The Kier molecular flexibility index (Phi) is 5.31. The van der Waals surface area contributed by atoms with E-state index < -0.39 is 5.91 Å². The first-order chi connectivity index (χ1) is 12.6. The number of hydrogen-bond acceptors (Lipinski definition) is 5. The third-order valence-corrected chi connectivity index (χ3v) is 4.10. The highest BCUT2D eigenvalue weighted by molar-refractivity contribution is 5.93. The molecule has 0 unspecified atom stereocenters. The highest BCUT2D eigenvalue weighted by atomic mass is 16.5. The zero-order valence-corrected chi connectivity index (χ0v) is 14.9. The van der Waals surface area contributed by atoms with E-state index in [1.54, 1.807) is 12.1 Å². The summed E-state index contributed by atoms with van der Waals surface area (Å²) in [6, 6.07) is 13.1. The zero-order valence-electron chi connectivity index (χ0n) is 14.9. The molecule has 26 heavy (non-hydrogen) atoms. The average Bonchev–Trinajstić information content (AvgIpc) is 3.01. The predicted molar refractivity (Wildman–Crippen MR) is 97.8 cm³/mol. The van der Waals surface area contributed by atoms with E-state index >= 15 is 0 Å². The van der Waals surface area contributed by atoms with Crippen molar-refractivity contribution in [2.24, 2.45) is 5.73 Å². The Morgan fingerprint density at radius 1 is 1.19 bits per heavy atom. The van der Waals surface area contributed by atoms with Gasteiger partial charge in [0, 0.05) is 11.6 Å². The van der Waals surface area contributed by atoms with Crippen LogP contribution < -0.4 is 10.5 Å². The SMILES string of the molecule is CCCc1nc(OCc2c(-c3ccccc3)noc2C)ccc1C(N)=O. The van der Waals surface area contributed by atoms with Gasteiger partial charge < -0.3 is 15.0 Å². The van der Waals surface area contributed by atoms with E-state index in [2.05, 4.69) is 10.1 Å². The van der Waals surface area contributed by atoms with Crippen LogP contribution in [0, 0.1) is 6.92 Å². The fourth-order valence-corrected chi connectivity index (χ4v) is 2.74. The summed E-state index contributed by atoms with van der Waals surface area (Å²) in [5.74, 6) is 0.665. The van der Waals surface area contributed by atoms with E-state index in [0.717, 1.165) is 23.2 Å². The van der Waals surface area contributed by atoms with Gasteiger partial charge in [-0.2, -0.15) is 0 Å². The van der Waals surface area contributed by atoms with Gasteiger partial charge in [-0.3, -0.25) is 4.79 Å². The van der Waals surface area contributed by atoms with Crippen molar-refractivity contribution in [2.45, 2.75) is 33.3 Å². The molecule has 1 aromatic carbocycles. The molecule has 1 amide bonds. The Balaban J connectivity index is 1.83. The van der Waals surface area contributed by atoms with Crippen molar-refractivity contribution in [1.82, 2.24) is 10.1 Å². The minimum atomic E-state index is -0.478. The molecule has 6 heteroatoms. The molecular weight excluding hydrogens is 330 g/mol. The Labute approximate surface area is 152 Å². The van der Waals surface area contributed by atoms with E-state index in [0.29, 0.717) is 29.3 Å². The number of amides is 1. The van der Waals surface area contributed by atoms with Crippen LogP contribution in [-0.4, -0.2) is 16.0 Å². The van der Waals surface area contributed by atoms with Crippen LogP contribution in [0.5, 0.6) is 5.88 Å². The summed E-state index contributed by atoms with van der Waals surface area (Å²) in [5, 5.41) is 4.15. The third kappa shape index (κ3) is 3.74. The lowest BCUT2D eigenvalue weighted by Gasteiger charge is -2.10. The molecule has 0 atom stereocenters. The van der Waals surface area contributed by atoms with Gasteiger partial charge in [-0.05, 0) is 19.4 Å². The normalized spacial score (nSPS) is 10.7. The summed E-state index contributed by atoms with van der Waals surface area (Å²) < 4.78 is 11.2. The van der Waals surface area contributed by atoms with Crippen molar-refractivity contribution in [3.63, 3.8) is 0 Å². The van der Waals surface area contributed by atoms with Gasteiger partial charge in [-0.25, -0.2) is 4.98 Å². The molecule has 0 aliphatic heterocycles. The molecule has 0 radical (unpaired) electrons. The molecule has 0 bridgehead atoms. The second-order valence-electron chi connectivity index (χ2n) is 5.98. The molecule has 0 aliphatic carbocycles. The lowest BCUT2D eigenvalue weighted by molar-refractivity contribution is 0.0999. The lowest BCUT2D eigenvalue weighted by atomic mass is 10.1. The zero-order chi connectivity index (χ0) is 18.5. The smallest absolute Gasteiger partial charge is 0.250 e. The second kappa shape index (κ2) is 7.82. The number of benzene rings is 1. The first kappa shape index (κ1) is 17.7. The van der Waals surface area contributed by atoms with Gasteiger partial charge >= 0.3 is 0 Å². The van der Waals surface area contributed by atoms with Crippen molar-refractivity contribution in [3.05, 3.63) is 65.0 Å². The third-order valence-electron chi connectivity index (χ3n) is 4.10. The van der Waals surface area contributed by atoms with Crippen LogP contribution in [0.4, 0.5) is 0 Å². The summed E-state index contributed by atoms with van der Waals surface area (Å²) in [6.07, 6.45) is 1.52. The number of ether oxygens (including phenoxy) is 1. The summed E-state index contributed by atoms with van der Waals surface area (Å²) >= 11 is 0. The van der Waals surface area contributed by atoms with Gasteiger partial charge in [0.15, 0.2) is 0 Å². The molecule has 2 heterocycles. The maximum absolute atomic E-state index is 11.5. The minimum Gasteiger partial charge on any atom is -0.473 e. The Morgan fingerprint density at radius 3 is 2.65 bits per heavy atom. The van der Waals surface area contributed by atoms with E-state index in [1.165, 1.54) is 0 Å². The molecular formula is C20H21N3O3. The molecule has 2 N–H and O–H groups in total. The quantitative estimate of drug-likeness (QED) is 0.701. The van der Waals surface area contributed by atoms with Crippen LogP contribution in [0.2, 0.25) is 0 Å². The minimum absolute atomic E-state index is 0.272. The molecule has 2 aromatic heterocycles. The number of nitrogens with zero attached hydrogens (tertiary/aromatic N) is 2. The van der Waals surface area contributed by atoms with Gasteiger partial charge in [-0.1, -0.05) is 48.8 Å². The number of rotatable bonds is 7. The monoisotopic (exact) mass is 351 g/mol. The number of aryl methyl sites for hydroxylation is 2. The van der Waals surface area contributed by atoms with E-state index in [-0.39, 0.29) is 6.61 Å². The molecule has 3 rings (SSSR count). The van der Waals surface area contributed by atoms with Gasteiger partial charge in [0.2, 0.25) is 5.88 Å². The molecule has 0 aliphatic rings. The summed E-state index contributed by atoms with van der Waals surface area (Å²) in [7, 11) is 0. The van der Waals surface area contributed by atoms with Gasteiger partial charge in [0.25, 0.3) is 5.91 Å². The largest absolute Gasteiger partial charge is 0.473 e. The van der Waals surface area contributed by atoms with E-state index in [1.807, 2.05) is 44.2 Å². The maximum atomic E-state index is 11.5. The fraction of sp³-hybridized carbons (Fsp3) is 0.250. The number of hydrogen-bond donors (Lipinski definition) is 1. The summed E-state index contributed by atoms with van der Waals surface area (Å²) in [5.41, 5.74) is 9.09. The summed E-state index contributed by atoms with van der Waals surface area (Å²) in [4.78, 5) is 16.0. The van der Waals surface area contributed by atoms with Crippen LogP contribution in [-0.2, 0) is 13.0 Å². The number of pyridine rings is 1. The van der Waals surface area contributed by atoms with Crippen LogP contribution >= 0.6 is 0 Å². The molecule has 134 valence electrons. The van der Waals surface area contributed by atoms with Gasteiger partial charge in [-0.15, -0.1) is 0 Å². The lowest BCUT2D eigenvalue weighted by Crippen LogP contribution is -2.15. The number of aromatic nitrogens is 2. The standard InChI is InChI=1S/C20H21N3O3/c1-3-7-17-15(20(21)24)10-11-18(22-17)25-12-16-13(2)26-23-19(16)14-8-5-4-6-9-14/h4-6,8-11H,3,7,12H2,1-2H3,(H2,21,24). The number of carbonyl (C=O) groups is 1. The molecule has 3 aromatic rings. The van der Waals surface area contributed by atoms with Crippen LogP contribution in [0.25, 0.3) is 11.3 Å². The molecule has 0 fully saturated rings. The topological polar surface area (TPSA) is 91.2 Å². The Morgan fingerprint density at radius 2 is 1.96 bits per heavy atom. The van der Waals surface area contributed by atoms with Gasteiger partial charge in [0.1, 0.15) is 18.1 Å². The van der Waals surface area contributed by atoms with Crippen molar-refractivity contribution < 1.29 is 14.1 Å². The van der Waals surface area contributed by atoms with Crippen LogP contribution in [0.15, 0.2) is 47.0 Å². The van der Waals surface area contributed by atoms with Crippen molar-refractivity contribution in [3.8, 4) is 17.1 Å². The van der Waals surface area contributed by atoms with Crippen LogP contribution in [0.3, 0.4) is 0 Å². The van der Waals surface area contributed by atoms with Crippen LogP contribution in [0.1, 0.15) is 40.7 Å². The Bertz CT molecular complexity index is 904. The number of primary amides is 1. The maximum Gasteiger partial charge on any atom is 0.250 e. The molecule has 0 spiro atoms. The van der Waals surface area contributed by atoms with Crippen molar-refractivity contribution >= 4 is 5.91 Å². The predicted octanol–water partition coefficient (Wildman–Crippen LogP) is 3.68. The number of carbonyl (C=O) groups excluding carboxylic acids is 1. The highest BCUT2D eigenvalue weighted by Crippen LogP contribution is 2.26. The van der Waals surface area contributed by atoms with Gasteiger partial charge in [0.05, 0.1) is 16.8 Å². The van der Waals surface area contributed by atoms with Crippen molar-refractivity contribution in [2.75, 3.05) is 0 Å². The summed E-state index contributed by atoms with van der Waals surface area (Å²) in [6.45, 7) is 4.14.